The number of nitrogen functional groups attached to an aromatic ring is 1. The molecule has 1 aliphatic carbocycles. The summed E-state index contributed by atoms with van der Waals surface area (Å²) in [6.45, 7) is 1.39. The molecular formula is C14H19ClN6O. The molecule has 0 aromatic carbocycles. The molecule has 0 aliphatic heterocycles. The lowest BCUT2D eigenvalue weighted by molar-refractivity contribution is 0.183. The number of nitrogens with zero attached hydrogens (tertiary/aromatic N) is 4. The Morgan fingerprint density at radius 1 is 1.50 bits per heavy atom. The number of methoxy groups -OCH3 is 1. The van der Waals surface area contributed by atoms with E-state index in [-0.39, 0.29) is 11.9 Å². The molecule has 3 rings (SSSR count). The van der Waals surface area contributed by atoms with Crippen molar-refractivity contribution in [2.75, 3.05) is 24.8 Å². The Kier molecular flexibility index (Phi) is 4.44. The Labute approximate surface area is 133 Å². The zero-order valence-corrected chi connectivity index (χ0v) is 13.2. The number of nitrogens with one attached hydrogen (secondary N) is 1. The van der Waals surface area contributed by atoms with E-state index in [9.17, 15) is 0 Å². The van der Waals surface area contributed by atoms with Crippen LogP contribution in [0.1, 0.15) is 30.1 Å². The molecule has 0 bridgehead atoms. The smallest absolute Gasteiger partial charge is 0.150 e. The second-order valence-corrected chi connectivity index (χ2v) is 5.68. The van der Waals surface area contributed by atoms with E-state index >= 15 is 0 Å². The van der Waals surface area contributed by atoms with Crippen molar-refractivity contribution in [3.05, 3.63) is 28.8 Å². The first-order valence-electron chi connectivity index (χ1n) is 7.26. The third-order valence-corrected chi connectivity index (χ3v) is 4.16. The third-order valence-electron chi connectivity index (χ3n) is 3.79. The number of hydrogen-bond donors (Lipinski definition) is 2. The van der Waals surface area contributed by atoms with Gasteiger partial charge in [0, 0.05) is 13.3 Å². The number of rotatable bonds is 5. The molecule has 0 amide bonds. The van der Waals surface area contributed by atoms with Crippen molar-refractivity contribution in [3.63, 3.8) is 0 Å². The molecule has 0 saturated carbocycles. The van der Waals surface area contributed by atoms with Crippen molar-refractivity contribution >= 4 is 23.2 Å². The average Bonchev–Trinajstić information content (AvgIpc) is 2.94. The van der Waals surface area contributed by atoms with Crippen molar-refractivity contribution in [3.8, 4) is 0 Å². The van der Waals surface area contributed by atoms with Crippen LogP contribution in [0, 0.1) is 0 Å². The first-order valence-corrected chi connectivity index (χ1v) is 7.64. The Balaban J connectivity index is 1.82. The molecule has 0 spiro atoms. The molecule has 2 aromatic rings. The van der Waals surface area contributed by atoms with Gasteiger partial charge in [0.05, 0.1) is 24.9 Å². The number of aryl methyl sites for hydroxylation is 1. The van der Waals surface area contributed by atoms with Crippen LogP contribution in [-0.2, 0) is 17.7 Å². The van der Waals surface area contributed by atoms with E-state index in [2.05, 4.69) is 26.6 Å². The number of anilines is 2. The Morgan fingerprint density at radius 2 is 2.36 bits per heavy atom. The summed E-state index contributed by atoms with van der Waals surface area (Å²) in [5.41, 5.74) is 8.04. The zero-order chi connectivity index (χ0) is 15.5. The van der Waals surface area contributed by atoms with Crippen molar-refractivity contribution in [1.82, 2.24) is 19.7 Å². The van der Waals surface area contributed by atoms with Crippen molar-refractivity contribution in [2.45, 2.75) is 31.8 Å². The van der Waals surface area contributed by atoms with Gasteiger partial charge in [0.1, 0.15) is 17.2 Å². The molecule has 0 fully saturated rings. The van der Waals surface area contributed by atoms with Gasteiger partial charge in [-0.2, -0.15) is 5.10 Å². The lowest BCUT2D eigenvalue weighted by atomic mass is 9.94. The molecule has 22 heavy (non-hydrogen) atoms. The standard InChI is InChI=1S/C14H19ClN6O/c1-22-6-5-21-7-9-3-2-4-10(12(9)20-21)19-14-11(15)13(16)17-8-18-14/h7-8,10H,2-6H2,1H3,(H3,16,17,18,19). The fraction of sp³-hybridized carbons (Fsp3) is 0.500. The van der Waals surface area contributed by atoms with Crippen LogP contribution in [0.4, 0.5) is 11.6 Å². The zero-order valence-electron chi connectivity index (χ0n) is 12.4. The van der Waals surface area contributed by atoms with E-state index in [0.29, 0.717) is 17.4 Å². The van der Waals surface area contributed by atoms with Gasteiger partial charge in [-0.15, -0.1) is 0 Å². The van der Waals surface area contributed by atoms with E-state index in [0.717, 1.165) is 31.5 Å². The van der Waals surface area contributed by atoms with E-state index in [1.807, 2.05) is 4.68 Å². The maximum absolute atomic E-state index is 6.16. The summed E-state index contributed by atoms with van der Waals surface area (Å²) in [5, 5.41) is 8.37. The Morgan fingerprint density at radius 3 is 3.18 bits per heavy atom. The first kappa shape index (κ1) is 15.1. The largest absolute Gasteiger partial charge is 0.383 e. The highest BCUT2D eigenvalue weighted by molar-refractivity contribution is 6.35. The normalized spacial score (nSPS) is 17.3. The van der Waals surface area contributed by atoms with Crippen molar-refractivity contribution in [2.24, 2.45) is 0 Å². The molecule has 3 N–H and O–H groups in total. The summed E-state index contributed by atoms with van der Waals surface area (Å²) in [6.07, 6.45) is 6.62. The number of fused-ring (bicyclic) bond motifs is 1. The van der Waals surface area contributed by atoms with E-state index in [4.69, 9.17) is 22.1 Å². The highest BCUT2D eigenvalue weighted by atomic mass is 35.5. The minimum absolute atomic E-state index is 0.0827. The average molecular weight is 323 g/mol. The van der Waals surface area contributed by atoms with Crippen LogP contribution in [0.3, 0.4) is 0 Å². The predicted octanol–water partition coefficient (Wildman–Crippen LogP) is 2.04. The van der Waals surface area contributed by atoms with Crippen LogP contribution < -0.4 is 11.1 Å². The maximum atomic E-state index is 6.16. The highest BCUT2D eigenvalue weighted by Crippen LogP contribution is 2.33. The van der Waals surface area contributed by atoms with E-state index in [1.165, 1.54) is 11.9 Å². The highest BCUT2D eigenvalue weighted by Gasteiger charge is 2.25. The van der Waals surface area contributed by atoms with Gasteiger partial charge >= 0.3 is 0 Å². The molecular weight excluding hydrogens is 304 g/mol. The number of ether oxygens (including phenoxy) is 1. The minimum atomic E-state index is 0.0827. The summed E-state index contributed by atoms with van der Waals surface area (Å²) in [6, 6.07) is 0.0827. The van der Waals surface area contributed by atoms with Gasteiger partial charge in [0.25, 0.3) is 0 Å². The maximum Gasteiger partial charge on any atom is 0.150 e. The molecule has 1 atom stereocenters. The summed E-state index contributed by atoms with van der Waals surface area (Å²) in [7, 11) is 1.69. The quantitative estimate of drug-likeness (QED) is 0.875. The number of halogens is 1. The molecule has 8 heteroatoms. The first-order chi connectivity index (χ1) is 10.7. The van der Waals surface area contributed by atoms with Crippen LogP contribution in [-0.4, -0.2) is 33.5 Å². The van der Waals surface area contributed by atoms with Gasteiger partial charge < -0.3 is 15.8 Å². The minimum Gasteiger partial charge on any atom is -0.383 e. The fourth-order valence-corrected chi connectivity index (χ4v) is 2.84. The number of aromatic nitrogens is 4. The van der Waals surface area contributed by atoms with Gasteiger partial charge in [-0.25, -0.2) is 9.97 Å². The van der Waals surface area contributed by atoms with Crippen LogP contribution in [0.5, 0.6) is 0 Å². The van der Waals surface area contributed by atoms with Crippen molar-refractivity contribution in [1.29, 1.82) is 0 Å². The lowest BCUT2D eigenvalue weighted by Gasteiger charge is -2.23. The van der Waals surface area contributed by atoms with Crippen molar-refractivity contribution < 1.29 is 4.74 Å². The summed E-state index contributed by atoms with van der Waals surface area (Å²) >= 11 is 6.16. The second-order valence-electron chi connectivity index (χ2n) is 5.31. The molecule has 7 nitrogen and oxygen atoms in total. The second kappa shape index (κ2) is 6.50. The molecule has 0 radical (unpaired) electrons. The van der Waals surface area contributed by atoms with Gasteiger partial charge in [-0.3, -0.25) is 4.68 Å². The van der Waals surface area contributed by atoms with Crippen LogP contribution in [0.25, 0.3) is 0 Å². The fourth-order valence-electron chi connectivity index (χ4n) is 2.69. The van der Waals surface area contributed by atoms with Gasteiger partial charge in [0.15, 0.2) is 5.82 Å². The van der Waals surface area contributed by atoms with Gasteiger partial charge in [-0.1, -0.05) is 11.6 Å². The van der Waals surface area contributed by atoms with Crippen LogP contribution in [0.15, 0.2) is 12.5 Å². The van der Waals surface area contributed by atoms with Crippen LogP contribution >= 0.6 is 11.6 Å². The topological polar surface area (TPSA) is 90.9 Å². The van der Waals surface area contributed by atoms with Gasteiger partial charge in [-0.05, 0) is 24.8 Å². The molecule has 1 unspecified atom stereocenters. The molecule has 2 aromatic heterocycles. The molecule has 1 aliphatic rings. The van der Waals surface area contributed by atoms with E-state index < -0.39 is 0 Å². The van der Waals surface area contributed by atoms with Crippen LogP contribution in [0.2, 0.25) is 5.02 Å². The predicted molar refractivity (Wildman–Crippen MR) is 84.9 cm³/mol. The SMILES string of the molecule is COCCn1cc2c(n1)C(Nc1ncnc(N)c1Cl)CCC2. The Hall–Kier alpha value is -1.86. The molecule has 2 heterocycles. The molecule has 118 valence electrons. The monoisotopic (exact) mass is 322 g/mol. The Bertz CT molecular complexity index is 659. The number of nitrogens with two attached hydrogens (primary N) is 1. The van der Waals surface area contributed by atoms with Gasteiger partial charge in [0.2, 0.25) is 0 Å². The molecule has 0 saturated heterocycles. The third kappa shape index (κ3) is 3.00. The summed E-state index contributed by atoms with van der Waals surface area (Å²) in [4.78, 5) is 8.05. The summed E-state index contributed by atoms with van der Waals surface area (Å²) in [5.74, 6) is 0.833. The van der Waals surface area contributed by atoms with E-state index in [1.54, 1.807) is 7.11 Å². The lowest BCUT2D eigenvalue weighted by Crippen LogP contribution is -2.18. The number of hydrogen-bond acceptors (Lipinski definition) is 6. The summed E-state index contributed by atoms with van der Waals surface area (Å²) < 4.78 is 7.04.